The van der Waals surface area contributed by atoms with E-state index in [1.54, 1.807) is 17.5 Å². The Balaban J connectivity index is 1.34. The zero-order chi connectivity index (χ0) is 22.6. The van der Waals surface area contributed by atoms with E-state index in [0.29, 0.717) is 12.4 Å². The van der Waals surface area contributed by atoms with Gasteiger partial charge < -0.3 is 15.1 Å². The fourth-order valence-electron chi connectivity index (χ4n) is 4.97. The summed E-state index contributed by atoms with van der Waals surface area (Å²) in [6.45, 7) is 6.48. The van der Waals surface area contributed by atoms with Crippen molar-refractivity contribution in [3.8, 4) is 0 Å². The van der Waals surface area contributed by atoms with Gasteiger partial charge in [-0.3, -0.25) is 9.36 Å². The molecule has 0 atom stereocenters. The van der Waals surface area contributed by atoms with Gasteiger partial charge in [0.25, 0.3) is 5.56 Å². The lowest BCUT2D eigenvalue weighted by molar-refractivity contribution is 0.154. The largest absolute Gasteiger partial charge is 0.354 e. The Morgan fingerprint density at radius 2 is 1.97 bits per heavy atom. The molecule has 0 radical (unpaired) electrons. The SMILES string of the molecule is CN1CCN(CCCNc2ncc3cc(Cc4nccs4)c(=O)n(C4CCCC4)c3n2)CC1. The number of likely N-dealkylation sites (N-methyl/N-ethyl adjacent to an activating group) is 1. The third kappa shape index (κ3) is 5.26. The van der Waals surface area contributed by atoms with E-state index < -0.39 is 0 Å². The number of nitrogens with one attached hydrogen (secondary N) is 1. The smallest absolute Gasteiger partial charge is 0.256 e. The maximum Gasteiger partial charge on any atom is 0.256 e. The van der Waals surface area contributed by atoms with E-state index in [1.165, 1.54) is 0 Å². The average Bonchev–Trinajstić information content (AvgIpc) is 3.53. The highest BCUT2D eigenvalue weighted by Crippen LogP contribution is 2.31. The fraction of sp³-hybridized carbons (Fsp3) is 0.583. The molecule has 5 rings (SSSR count). The number of aromatic nitrogens is 4. The number of rotatable bonds is 8. The van der Waals surface area contributed by atoms with E-state index in [1.807, 2.05) is 22.2 Å². The lowest BCUT2D eigenvalue weighted by atomic mass is 10.1. The second kappa shape index (κ2) is 10.3. The van der Waals surface area contributed by atoms with Crippen LogP contribution in [0.15, 0.2) is 28.6 Å². The summed E-state index contributed by atoms with van der Waals surface area (Å²) in [6, 6.07) is 2.18. The first-order valence-corrected chi connectivity index (χ1v) is 13.0. The van der Waals surface area contributed by atoms with Crippen molar-refractivity contribution in [2.45, 2.75) is 44.6 Å². The molecule has 3 aromatic heterocycles. The zero-order valence-corrected chi connectivity index (χ0v) is 20.2. The van der Waals surface area contributed by atoms with Crippen LogP contribution in [-0.2, 0) is 6.42 Å². The first-order valence-electron chi connectivity index (χ1n) is 12.1. The molecule has 33 heavy (non-hydrogen) atoms. The predicted octanol–water partition coefficient (Wildman–Crippen LogP) is 3.00. The van der Waals surface area contributed by atoms with Gasteiger partial charge >= 0.3 is 0 Å². The van der Waals surface area contributed by atoms with Crippen molar-refractivity contribution < 1.29 is 0 Å². The first-order chi connectivity index (χ1) is 16.2. The number of anilines is 1. The molecule has 9 heteroatoms. The summed E-state index contributed by atoms with van der Waals surface area (Å²) < 4.78 is 1.95. The van der Waals surface area contributed by atoms with Crippen molar-refractivity contribution >= 4 is 28.3 Å². The van der Waals surface area contributed by atoms with Gasteiger partial charge in [-0.2, -0.15) is 4.98 Å². The summed E-state index contributed by atoms with van der Waals surface area (Å²) in [5.74, 6) is 0.611. The van der Waals surface area contributed by atoms with Gasteiger partial charge in [-0.15, -0.1) is 11.3 Å². The van der Waals surface area contributed by atoms with Crippen molar-refractivity contribution in [1.82, 2.24) is 29.3 Å². The Morgan fingerprint density at radius 1 is 1.15 bits per heavy atom. The van der Waals surface area contributed by atoms with Crippen molar-refractivity contribution in [1.29, 1.82) is 0 Å². The quantitative estimate of drug-likeness (QED) is 0.510. The molecule has 0 amide bonds. The molecule has 4 heterocycles. The van der Waals surface area contributed by atoms with Crippen LogP contribution < -0.4 is 10.9 Å². The van der Waals surface area contributed by atoms with Gasteiger partial charge in [0.2, 0.25) is 5.95 Å². The summed E-state index contributed by atoms with van der Waals surface area (Å²) in [5.41, 5.74) is 1.61. The molecule has 2 fully saturated rings. The van der Waals surface area contributed by atoms with Crippen LogP contribution >= 0.6 is 11.3 Å². The summed E-state index contributed by atoms with van der Waals surface area (Å²) >= 11 is 1.59. The molecule has 3 aromatic rings. The van der Waals surface area contributed by atoms with E-state index in [9.17, 15) is 4.79 Å². The molecule has 0 aromatic carbocycles. The highest BCUT2D eigenvalue weighted by Gasteiger charge is 2.23. The van der Waals surface area contributed by atoms with Crippen LogP contribution in [0.1, 0.15) is 48.7 Å². The third-order valence-electron chi connectivity index (χ3n) is 6.89. The molecular weight excluding hydrogens is 434 g/mol. The van der Waals surface area contributed by atoms with Crippen molar-refractivity contribution in [3.63, 3.8) is 0 Å². The number of thiazole rings is 1. The van der Waals surface area contributed by atoms with Gasteiger partial charge in [-0.1, -0.05) is 12.8 Å². The molecule has 0 spiro atoms. The maximum absolute atomic E-state index is 13.5. The summed E-state index contributed by atoms with van der Waals surface area (Å²) in [6.07, 6.45) is 9.66. The van der Waals surface area contributed by atoms with E-state index in [0.717, 1.165) is 93.0 Å². The second-order valence-corrected chi connectivity index (χ2v) is 10.3. The second-order valence-electron chi connectivity index (χ2n) is 9.28. The molecule has 1 N–H and O–H groups in total. The van der Waals surface area contributed by atoms with Crippen LogP contribution in [0.5, 0.6) is 0 Å². The third-order valence-corrected chi connectivity index (χ3v) is 7.67. The van der Waals surface area contributed by atoms with E-state index in [4.69, 9.17) is 4.98 Å². The number of piperazine rings is 1. The van der Waals surface area contributed by atoms with Crippen LogP contribution in [-0.4, -0.2) is 75.6 Å². The van der Waals surface area contributed by atoms with E-state index in [-0.39, 0.29) is 11.6 Å². The minimum Gasteiger partial charge on any atom is -0.354 e. The van der Waals surface area contributed by atoms with Crippen molar-refractivity contribution in [3.05, 3.63) is 44.8 Å². The van der Waals surface area contributed by atoms with Gasteiger partial charge in [-0.05, 0) is 38.9 Å². The monoisotopic (exact) mass is 467 g/mol. The molecule has 1 saturated heterocycles. The topological polar surface area (TPSA) is 79.2 Å². The van der Waals surface area contributed by atoms with E-state index >= 15 is 0 Å². The van der Waals surface area contributed by atoms with E-state index in [2.05, 4.69) is 32.1 Å². The Kier molecular flexibility index (Phi) is 6.99. The van der Waals surface area contributed by atoms with Crippen LogP contribution in [0.3, 0.4) is 0 Å². The Labute approximate surface area is 198 Å². The zero-order valence-electron chi connectivity index (χ0n) is 19.4. The molecule has 2 aliphatic rings. The molecule has 1 aliphatic carbocycles. The summed E-state index contributed by atoms with van der Waals surface area (Å²) in [5, 5.41) is 7.23. The highest BCUT2D eigenvalue weighted by atomic mass is 32.1. The molecule has 0 bridgehead atoms. The van der Waals surface area contributed by atoms with Gasteiger partial charge in [0.15, 0.2) is 0 Å². The minimum atomic E-state index is 0.0734. The Bertz CT molecular complexity index is 1120. The summed E-state index contributed by atoms with van der Waals surface area (Å²) in [7, 11) is 2.18. The molecular formula is C24H33N7OS. The van der Waals surface area contributed by atoms with Crippen LogP contribution in [0.2, 0.25) is 0 Å². The first kappa shape index (κ1) is 22.4. The normalized spacial score (nSPS) is 18.3. The Hall–Kier alpha value is -2.36. The predicted molar refractivity (Wildman–Crippen MR) is 133 cm³/mol. The highest BCUT2D eigenvalue weighted by molar-refractivity contribution is 7.09. The molecule has 1 saturated carbocycles. The van der Waals surface area contributed by atoms with Crippen LogP contribution in [0.4, 0.5) is 5.95 Å². The number of hydrogen-bond donors (Lipinski definition) is 1. The lowest BCUT2D eigenvalue weighted by Gasteiger charge is -2.32. The molecule has 8 nitrogen and oxygen atoms in total. The average molecular weight is 468 g/mol. The minimum absolute atomic E-state index is 0.0734. The molecule has 1 aliphatic heterocycles. The summed E-state index contributed by atoms with van der Waals surface area (Å²) in [4.78, 5) is 32.2. The number of fused-ring (bicyclic) bond motifs is 1. The maximum atomic E-state index is 13.5. The molecule has 0 unspecified atom stereocenters. The standard InChI is InChI=1S/C24H33N7OS/c1-29-10-12-30(13-11-29)9-4-7-26-24-27-17-19-15-18(16-21-25-8-14-33-21)23(32)31(22(19)28-24)20-5-2-3-6-20/h8,14-15,17,20H,2-7,9-13,16H2,1H3,(H,26,27,28). The fourth-order valence-corrected chi connectivity index (χ4v) is 5.61. The Morgan fingerprint density at radius 3 is 2.73 bits per heavy atom. The number of nitrogens with zero attached hydrogens (tertiary/aromatic N) is 6. The van der Waals surface area contributed by atoms with Gasteiger partial charge in [-0.25, -0.2) is 9.97 Å². The number of pyridine rings is 1. The van der Waals surface area contributed by atoms with Crippen molar-refractivity contribution in [2.24, 2.45) is 0 Å². The van der Waals surface area contributed by atoms with Crippen LogP contribution in [0, 0.1) is 0 Å². The lowest BCUT2D eigenvalue weighted by Crippen LogP contribution is -2.44. The van der Waals surface area contributed by atoms with Gasteiger partial charge in [0.1, 0.15) is 5.65 Å². The van der Waals surface area contributed by atoms with Crippen molar-refractivity contribution in [2.75, 3.05) is 51.6 Å². The van der Waals surface area contributed by atoms with Gasteiger partial charge in [0, 0.05) is 73.9 Å². The van der Waals surface area contributed by atoms with Crippen LogP contribution in [0.25, 0.3) is 11.0 Å². The number of hydrogen-bond acceptors (Lipinski definition) is 8. The van der Waals surface area contributed by atoms with Gasteiger partial charge in [0.05, 0.1) is 5.01 Å². The molecule has 176 valence electrons.